The first-order chi connectivity index (χ1) is 12.0. The lowest BCUT2D eigenvalue weighted by atomic mass is 10.2. The standard InChI is InChI=1S/C18H17N3O3S/c1-13-5-2-8-15(11-13)25(23,24)20-12-17(22)21-16-9-3-6-14-7-4-10-19-18(14)16/h2-11,20H,12H2,1H3,(H,21,22). The second-order valence-corrected chi connectivity index (χ2v) is 7.34. The van der Waals surface area contributed by atoms with E-state index in [0.29, 0.717) is 11.2 Å². The van der Waals surface area contributed by atoms with Crippen LogP contribution >= 0.6 is 0 Å². The molecule has 0 radical (unpaired) electrons. The van der Waals surface area contributed by atoms with E-state index in [1.807, 2.05) is 18.2 Å². The largest absolute Gasteiger partial charge is 0.323 e. The number of carbonyl (C=O) groups excluding carboxylic acids is 1. The zero-order valence-corrected chi connectivity index (χ0v) is 14.4. The quantitative estimate of drug-likeness (QED) is 0.736. The van der Waals surface area contributed by atoms with Crippen molar-refractivity contribution in [2.75, 3.05) is 11.9 Å². The first kappa shape index (κ1) is 17.1. The maximum Gasteiger partial charge on any atom is 0.241 e. The van der Waals surface area contributed by atoms with Gasteiger partial charge in [-0.1, -0.05) is 30.3 Å². The van der Waals surface area contributed by atoms with Crippen molar-refractivity contribution in [3.63, 3.8) is 0 Å². The third-order valence-corrected chi connectivity index (χ3v) is 5.03. The van der Waals surface area contributed by atoms with Gasteiger partial charge in [0.15, 0.2) is 0 Å². The van der Waals surface area contributed by atoms with Crippen molar-refractivity contribution < 1.29 is 13.2 Å². The third kappa shape index (κ3) is 4.01. The molecule has 0 fully saturated rings. The molecule has 0 aliphatic carbocycles. The number of anilines is 1. The van der Waals surface area contributed by atoms with E-state index in [1.54, 1.807) is 43.5 Å². The highest BCUT2D eigenvalue weighted by Crippen LogP contribution is 2.20. The molecule has 0 spiro atoms. The van der Waals surface area contributed by atoms with Gasteiger partial charge >= 0.3 is 0 Å². The molecule has 1 aromatic heterocycles. The Hall–Kier alpha value is -2.77. The highest BCUT2D eigenvalue weighted by molar-refractivity contribution is 7.89. The SMILES string of the molecule is Cc1cccc(S(=O)(=O)NCC(=O)Nc2cccc3cccnc23)c1. The highest BCUT2D eigenvalue weighted by atomic mass is 32.2. The van der Waals surface area contributed by atoms with E-state index in [2.05, 4.69) is 15.0 Å². The van der Waals surface area contributed by atoms with Crippen molar-refractivity contribution in [2.45, 2.75) is 11.8 Å². The Morgan fingerprint density at radius 2 is 1.84 bits per heavy atom. The molecule has 1 heterocycles. The van der Waals surface area contributed by atoms with E-state index < -0.39 is 15.9 Å². The predicted molar refractivity (Wildman–Crippen MR) is 96.7 cm³/mol. The number of sulfonamides is 1. The summed E-state index contributed by atoms with van der Waals surface area (Å²) in [5.41, 5.74) is 2.02. The minimum absolute atomic E-state index is 0.132. The zero-order valence-electron chi connectivity index (χ0n) is 13.6. The van der Waals surface area contributed by atoms with Crippen molar-refractivity contribution in [1.82, 2.24) is 9.71 Å². The van der Waals surface area contributed by atoms with Crippen LogP contribution in [0.3, 0.4) is 0 Å². The molecule has 3 rings (SSSR count). The van der Waals surface area contributed by atoms with Gasteiger partial charge in [-0.05, 0) is 36.8 Å². The number of nitrogens with one attached hydrogen (secondary N) is 2. The number of aromatic nitrogens is 1. The average Bonchev–Trinajstić information content (AvgIpc) is 2.60. The number of aryl methyl sites for hydroxylation is 1. The van der Waals surface area contributed by atoms with Crippen LogP contribution in [0.1, 0.15) is 5.56 Å². The normalized spacial score (nSPS) is 11.4. The second-order valence-electron chi connectivity index (χ2n) is 5.57. The number of benzene rings is 2. The summed E-state index contributed by atoms with van der Waals surface area (Å²) in [4.78, 5) is 16.5. The lowest BCUT2D eigenvalue weighted by Gasteiger charge is -2.10. The molecule has 0 unspecified atom stereocenters. The second kappa shape index (κ2) is 7.00. The Kier molecular flexibility index (Phi) is 4.78. The summed E-state index contributed by atoms with van der Waals surface area (Å²) in [6.07, 6.45) is 1.64. The zero-order chi connectivity index (χ0) is 17.9. The molecule has 0 saturated heterocycles. The van der Waals surface area contributed by atoms with Gasteiger partial charge < -0.3 is 5.32 Å². The van der Waals surface area contributed by atoms with Crippen LogP contribution in [0.15, 0.2) is 65.7 Å². The Balaban J connectivity index is 1.70. The monoisotopic (exact) mass is 355 g/mol. The summed E-state index contributed by atoms with van der Waals surface area (Å²) in [5, 5.41) is 3.58. The molecule has 0 bridgehead atoms. The van der Waals surface area contributed by atoms with Crippen LogP contribution in [0.25, 0.3) is 10.9 Å². The first-order valence-corrected chi connectivity index (χ1v) is 9.14. The van der Waals surface area contributed by atoms with Gasteiger partial charge in [-0.15, -0.1) is 0 Å². The molecular weight excluding hydrogens is 338 g/mol. The van der Waals surface area contributed by atoms with Crippen molar-refractivity contribution >= 4 is 32.5 Å². The molecule has 0 aliphatic rings. The summed E-state index contributed by atoms with van der Waals surface area (Å²) in [7, 11) is -3.74. The number of carbonyl (C=O) groups is 1. The molecule has 0 aliphatic heterocycles. The molecule has 7 heteroatoms. The van der Waals surface area contributed by atoms with Gasteiger partial charge in [0.25, 0.3) is 0 Å². The smallest absolute Gasteiger partial charge is 0.241 e. The van der Waals surface area contributed by atoms with Gasteiger partial charge in [0.2, 0.25) is 15.9 Å². The summed E-state index contributed by atoms with van der Waals surface area (Å²) in [5.74, 6) is -0.464. The lowest BCUT2D eigenvalue weighted by Crippen LogP contribution is -2.33. The van der Waals surface area contributed by atoms with Crippen LogP contribution in [-0.2, 0) is 14.8 Å². The molecule has 3 aromatic rings. The molecule has 128 valence electrons. The molecule has 2 aromatic carbocycles. The highest BCUT2D eigenvalue weighted by Gasteiger charge is 2.16. The Morgan fingerprint density at radius 3 is 2.64 bits per heavy atom. The van der Waals surface area contributed by atoms with Crippen LogP contribution in [0, 0.1) is 6.92 Å². The average molecular weight is 355 g/mol. The summed E-state index contributed by atoms with van der Waals surface area (Å²) in [6, 6.07) is 15.6. The molecule has 1 amide bonds. The number of fused-ring (bicyclic) bond motifs is 1. The van der Waals surface area contributed by atoms with E-state index >= 15 is 0 Å². The Labute approximate surface area is 146 Å². The van der Waals surface area contributed by atoms with Crippen molar-refractivity contribution in [1.29, 1.82) is 0 Å². The fourth-order valence-electron chi connectivity index (χ4n) is 2.43. The number of rotatable bonds is 5. The van der Waals surface area contributed by atoms with Gasteiger partial charge in [0.1, 0.15) is 0 Å². The summed E-state index contributed by atoms with van der Waals surface area (Å²) in [6.45, 7) is 1.44. The van der Waals surface area contributed by atoms with Crippen molar-refractivity contribution in [3.8, 4) is 0 Å². The Morgan fingerprint density at radius 1 is 1.08 bits per heavy atom. The minimum Gasteiger partial charge on any atom is -0.323 e. The van der Waals surface area contributed by atoms with Gasteiger partial charge in [-0.3, -0.25) is 9.78 Å². The number of amides is 1. The molecule has 0 atom stereocenters. The minimum atomic E-state index is -3.74. The maximum atomic E-state index is 12.3. The summed E-state index contributed by atoms with van der Waals surface area (Å²) < 4.78 is 26.8. The number of hydrogen-bond donors (Lipinski definition) is 2. The van der Waals surface area contributed by atoms with Gasteiger partial charge in [-0.25, -0.2) is 13.1 Å². The summed E-state index contributed by atoms with van der Waals surface area (Å²) >= 11 is 0. The van der Waals surface area contributed by atoms with E-state index in [1.165, 1.54) is 6.07 Å². The predicted octanol–water partition coefficient (Wildman–Crippen LogP) is 2.46. The number of para-hydroxylation sites is 1. The molecule has 2 N–H and O–H groups in total. The van der Waals surface area contributed by atoms with E-state index in [-0.39, 0.29) is 11.4 Å². The van der Waals surface area contributed by atoms with Crippen LogP contribution in [0.4, 0.5) is 5.69 Å². The van der Waals surface area contributed by atoms with Crippen LogP contribution in [0.5, 0.6) is 0 Å². The maximum absolute atomic E-state index is 12.3. The molecule has 25 heavy (non-hydrogen) atoms. The van der Waals surface area contributed by atoms with Crippen molar-refractivity contribution in [3.05, 3.63) is 66.4 Å². The van der Waals surface area contributed by atoms with Crippen LogP contribution in [0.2, 0.25) is 0 Å². The van der Waals surface area contributed by atoms with Gasteiger partial charge in [0.05, 0.1) is 22.6 Å². The van der Waals surface area contributed by atoms with E-state index in [9.17, 15) is 13.2 Å². The van der Waals surface area contributed by atoms with E-state index in [0.717, 1.165) is 10.9 Å². The topological polar surface area (TPSA) is 88.2 Å². The number of pyridine rings is 1. The van der Waals surface area contributed by atoms with Gasteiger partial charge in [0, 0.05) is 11.6 Å². The number of nitrogens with zero attached hydrogens (tertiary/aromatic N) is 1. The third-order valence-electron chi connectivity index (χ3n) is 3.63. The fraction of sp³-hybridized carbons (Fsp3) is 0.111. The van der Waals surface area contributed by atoms with E-state index in [4.69, 9.17) is 0 Å². The van der Waals surface area contributed by atoms with Gasteiger partial charge in [-0.2, -0.15) is 0 Å². The molecule has 0 saturated carbocycles. The van der Waals surface area contributed by atoms with Crippen LogP contribution < -0.4 is 10.0 Å². The molecule has 6 nitrogen and oxygen atoms in total. The van der Waals surface area contributed by atoms with Crippen molar-refractivity contribution in [2.24, 2.45) is 0 Å². The van der Waals surface area contributed by atoms with Crippen LogP contribution in [-0.4, -0.2) is 25.9 Å². The lowest BCUT2D eigenvalue weighted by molar-refractivity contribution is -0.115. The first-order valence-electron chi connectivity index (χ1n) is 7.66. The fourth-order valence-corrected chi connectivity index (χ4v) is 3.51. The Bertz CT molecular complexity index is 1030. The molecular formula is C18H17N3O3S. The number of hydrogen-bond acceptors (Lipinski definition) is 4.